The van der Waals surface area contributed by atoms with Gasteiger partial charge in [-0.2, -0.15) is 13.2 Å². The zero-order valence-corrected chi connectivity index (χ0v) is 13.7. The molecule has 2 aromatic carbocycles. The maximum absolute atomic E-state index is 12.2. The van der Waals surface area contributed by atoms with Crippen molar-refractivity contribution < 1.29 is 22.7 Å². The van der Waals surface area contributed by atoms with Crippen LogP contribution in [0.4, 0.5) is 13.2 Å². The highest BCUT2D eigenvalue weighted by molar-refractivity contribution is 5.75. The topological polar surface area (TPSA) is 38.3 Å². The summed E-state index contributed by atoms with van der Waals surface area (Å²) < 4.78 is 41.2. The number of halogens is 3. The lowest BCUT2D eigenvalue weighted by molar-refractivity contribution is -0.153. The van der Waals surface area contributed by atoms with Crippen LogP contribution in [0.2, 0.25) is 0 Å². The van der Waals surface area contributed by atoms with Crippen LogP contribution in [-0.4, -0.2) is 18.7 Å². The highest BCUT2D eigenvalue weighted by Crippen LogP contribution is 2.19. The van der Waals surface area contributed by atoms with Gasteiger partial charge in [0, 0.05) is 13.0 Å². The quantitative estimate of drug-likeness (QED) is 0.771. The molecule has 0 spiro atoms. The number of carbonyl (C=O) groups excluding carboxylic acids is 1. The molecule has 25 heavy (non-hydrogen) atoms. The molecule has 0 atom stereocenters. The van der Waals surface area contributed by atoms with Crippen LogP contribution in [0.15, 0.2) is 54.6 Å². The maximum Gasteiger partial charge on any atom is 0.422 e. The second-order valence-electron chi connectivity index (χ2n) is 5.67. The van der Waals surface area contributed by atoms with Crippen molar-refractivity contribution in [3.8, 4) is 5.75 Å². The summed E-state index contributed by atoms with van der Waals surface area (Å²) in [5, 5.41) is 2.77. The molecule has 0 bridgehead atoms. The van der Waals surface area contributed by atoms with Crippen LogP contribution in [0.3, 0.4) is 0 Å². The molecule has 2 aromatic rings. The summed E-state index contributed by atoms with van der Waals surface area (Å²) in [6.45, 7) is -1.07. The van der Waals surface area contributed by atoms with Gasteiger partial charge in [0.1, 0.15) is 5.75 Å². The Bertz CT molecular complexity index is 672. The van der Waals surface area contributed by atoms with Crippen molar-refractivity contribution in [1.82, 2.24) is 5.32 Å². The minimum absolute atomic E-state index is 0.0856. The third kappa shape index (κ3) is 7.74. The largest absolute Gasteiger partial charge is 0.484 e. The predicted octanol–water partition coefficient (Wildman–Crippen LogP) is 4.27. The molecule has 2 rings (SSSR count). The highest BCUT2D eigenvalue weighted by Gasteiger charge is 2.28. The van der Waals surface area contributed by atoms with Crippen LogP contribution in [-0.2, 0) is 17.8 Å². The van der Waals surface area contributed by atoms with Crippen molar-refractivity contribution in [3.05, 3.63) is 65.7 Å². The summed E-state index contributed by atoms with van der Waals surface area (Å²) in [5.41, 5.74) is 1.88. The summed E-state index contributed by atoms with van der Waals surface area (Å²) in [6.07, 6.45) is -2.40. The molecule has 0 aromatic heterocycles. The molecule has 0 fully saturated rings. The highest BCUT2D eigenvalue weighted by atomic mass is 19.4. The van der Waals surface area contributed by atoms with Gasteiger partial charge >= 0.3 is 6.18 Å². The maximum atomic E-state index is 12.2. The molecular formula is C19H20F3NO2. The van der Waals surface area contributed by atoms with E-state index in [-0.39, 0.29) is 18.2 Å². The van der Waals surface area contributed by atoms with E-state index in [2.05, 4.69) is 5.32 Å². The molecule has 0 saturated carbocycles. The fraction of sp³-hybridized carbons (Fsp3) is 0.316. The molecule has 3 nitrogen and oxygen atoms in total. The van der Waals surface area contributed by atoms with Gasteiger partial charge in [-0.15, -0.1) is 0 Å². The Morgan fingerprint density at radius 1 is 1.00 bits per heavy atom. The lowest BCUT2D eigenvalue weighted by atomic mass is 10.1. The van der Waals surface area contributed by atoms with E-state index in [9.17, 15) is 18.0 Å². The van der Waals surface area contributed by atoms with Crippen molar-refractivity contribution in [2.75, 3.05) is 6.61 Å². The first-order valence-electron chi connectivity index (χ1n) is 8.01. The summed E-state index contributed by atoms with van der Waals surface area (Å²) >= 11 is 0. The number of ether oxygens (including phenoxy) is 1. The van der Waals surface area contributed by atoms with Crippen LogP contribution in [0.25, 0.3) is 0 Å². The minimum atomic E-state index is -4.37. The van der Waals surface area contributed by atoms with Crippen LogP contribution >= 0.6 is 0 Å². The standard InChI is InChI=1S/C19H20F3NO2/c20-19(21,22)14-25-17-10-4-9-16(12-17)13-23-18(24)11-5-8-15-6-2-1-3-7-15/h1-4,6-7,9-10,12H,5,8,11,13-14H2,(H,23,24). The molecular weight excluding hydrogens is 331 g/mol. The van der Waals surface area contributed by atoms with Gasteiger partial charge in [-0.05, 0) is 36.1 Å². The smallest absolute Gasteiger partial charge is 0.422 e. The Morgan fingerprint density at radius 2 is 1.72 bits per heavy atom. The number of rotatable bonds is 8. The van der Waals surface area contributed by atoms with Crippen molar-refractivity contribution in [1.29, 1.82) is 0 Å². The number of carbonyl (C=O) groups is 1. The second kappa shape index (κ2) is 9.11. The number of benzene rings is 2. The summed E-state index contributed by atoms with van der Waals surface area (Å²) in [5.74, 6) is 0.0469. The number of nitrogens with one attached hydrogen (secondary N) is 1. The van der Waals surface area contributed by atoms with E-state index < -0.39 is 12.8 Å². The average molecular weight is 351 g/mol. The zero-order valence-electron chi connectivity index (χ0n) is 13.7. The average Bonchev–Trinajstić information content (AvgIpc) is 2.59. The SMILES string of the molecule is O=C(CCCc1ccccc1)NCc1cccc(OCC(F)(F)F)c1. The van der Waals surface area contributed by atoms with Gasteiger partial charge in [-0.25, -0.2) is 0 Å². The first-order chi connectivity index (χ1) is 11.9. The fourth-order valence-corrected chi connectivity index (χ4v) is 2.30. The number of amides is 1. The third-order valence-corrected chi connectivity index (χ3v) is 3.50. The number of alkyl halides is 3. The normalized spacial score (nSPS) is 11.2. The molecule has 0 unspecified atom stereocenters. The van der Waals surface area contributed by atoms with Gasteiger partial charge in [0.15, 0.2) is 6.61 Å². The van der Waals surface area contributed by atoms with E-state index in [1.807, 2.05) is 30.3 Å². The number of hydrogen-bond acceptors (Lipinski definition) is 2. The summed E-state index contributed by atoms with van der Waals surface area (Å²) in [4.78, 5) is 11.9. The van der Waals surface area contributed by atoms with Gasteiger partial charge in [0.2, 0.25) is 5.91 Å². The van der Waals surface area contributed by atoms with Gasteiger partial charge < -0.3 is 10.1 Å². The van der Waals surface area contributed by atoms with E-state index in [1.165, 1.54) is 17.7 Å². The lowest BCUT2D eigenvalue weighted by Gasteiger charge is -2.11. The van der Waals surface area contributed by atoms with Crippen LogP contribution in [0.5, 0.6) is 5.75 Å². The Hall–Kier alpha value is -2.50. The van der Waals surface area contributed by atoms with E-state index in [4.69, 9.17) is 4.74 Å². The van der Waals surface area contributed by atoms with Gasteiger partial charge in [0.25, 0.3) is 0 Å². The molecule has 1 amide bonds. The molecule has 0 heterocycles. The fourth-order valence-electron chi connectivity index (χ4n) is 2.30. The first-order valence-corrected chi connectivity index (χ1v) is 8.01. The van der Waals surface area contributed by atoms with Gasteiger partial charge in [0.05, 0.1) is 0 Å². The van der Waals surface area contributed by atoms with E-state index >= 15 is 0 Å². The molecule has 0 aliphatic heterocycles. The van der Waals surface area contributed by atoms with E-state index in [0.29, 0.717) is 12.0 Å². The monoisotopic (exact) mass is 351 g/mol. The van der Waals surface area contributed by atoms with Crippen molar-refractivity contribution in [2.45, 2.75) is 32.0 Å². The molecule has 0 aliphatic carbocycles. The van der Waals surface area contributed by atoms with Crippen molar-refractivity contribution >= 4 is 5.91 Å². The van der Waals surface area contributed by atoms with Crippen LogP contribution < -0.4 is 10.1 Å². The molecule has 6 heteroatoms. The van der Waals surface area contributed by atoms with Crippen LogP contribution in [0, 0.1) is 0 Å². The summed E-state index contributed by atoms with van der Waals surface area (Å²) in [7, 11) is 0. The van der Waals surface area contributed by atoms with Crippen molar-refractivity contribution in [3.63, 3.8) is 0 Å². The summed E-state index contributed by atoms with van der Waals surface area (Å²) in [6, 6.07) is 16.2. The second-order valence-corrected chi connectivity index (χ2v) is 5.67. The van der Waals surface area contributed by atoms with Crippen LogP contribution in [0.1, 0.15) is 24.0 Å². The molecule has 134 valence electrons. The third-order valence-electron chi connectivity index (χ3n) is 3.50. The molecule has 0 radical (unpaired) electrons. The van der Waals surface area contributed by atoms with Gasteiger partial charge in [-0.1, -0.05) is 42.5 Å². The van der Waals surface area contributed by atoms with Crippen molar-refractivity contribution in [2.24, 2.45) is 0 Å². The Balaban J connectivity index is 1.72. The lowest BCUT2D eigenvalue weighted by Crippen LogP contribution is -2.22. The van der Waals surface area contributed by atoms with E-state index in [1.54, 1.807) is 12.1 Å². The van der Waals surface area contributed by atoms with E-state index in [0.717, 1.165) is 12.8 Å². The molecule has 1 N–H and O–H groups in total. The number of hydrogen-bond donors (Lipinski definition) is 1. The Morgan fingerprint density at radius 3 is 2.44 bits per heavy atom. The Labute approximate surface area is 144 Å². The zero-order chi connectivity index (χ0) is 18.1. The first kappa shape index (κ1) is 18.8. The molecule has 0 saturated heterocycles. The number of aryl methyl sites for hydroxylation is 1. The molecule has 0 aliphatic rings. The predicted molar refractivity (Wildman–Crippen MR) is 89.2 cm³/mol. The minimum Gasteiger partial charge on any atom is -0.484 e. The Kier molecular flexibility index (Phi) is 6.86. The van der Waals surface area contributed by atoms with Gasteiger partial charge in [-0.3, -0.25) is 4.79 Å².